The highest BCUT2D eigenvalue weighted by molar-refractivity contribution is 7.99. The van der Waals surface area contributed by atoms with Crippen LogP contribution in [0.3, 0.4) is 0 Å². The Morgan fingerprint density at radius 2 is 1.37 bits per heavy atom. The predicted octanol–water partition coefficient (Wildman–Crippen LogP) is 2.17. The van der Waals surface area contributed by atoms with E-state index in [1.54, 1.807) is 11.8 Å². The average Bonchev–Trinajstić information content (AvgIpc) is 2.82. The van der Waals surface area contributed by atoms with E-state index >= 15 is 0 Å². The van der Waals surface area contributed by atoms with Crippen LogP contribution in [0.5, 0.6) is 0 Å². The van der Waals surface area contributed by atoms with Crippen molar-refractivity contribution in [2.24, 2.45) is 0 Å². The number of fused-ring (bicyclic) bond motifs is 2. The summed E-state index contributed by atoms with van der Waals surface area (Å²) in [6.45, 7) is 7.27. The van der Waals surface area contributed by atoms with E-state index < -0.39 is 20.2 Å². The van der Waals surface area contributed by atoms with Gasteiger partial charge in [0.2, 0.25) is 0 Å². The van der Waals surface area contributed by atoms with Crippen LogP contribution in [0, 0.1) is 11.3 Å². The lowest BCUT2D eigenvalue weighted by Crippen LogP contribution is -2.47. The van der Waals surface area contributed by atoms with Gasteiger partial charge in [-0.3, -0.25) is 14.0 Å². The number of benzene rings is 2. The monoisotopic (exact) mass is 586 g/mol. The summed E-state index contributed by atoms with van der Waals surface area (Å²) < 4.78 is 51.7. The van der Waals surface area contributed by atoms with Gasteiger partial charge in [-0.1, -0.05) is 23.9 Å². The van der Waals surface area contributed by atoms with E-state index in [1.807, 2.05) is 12.1 Å². The first-order valence-corrected chi connectivity index (χ1v) is 16.3. The minimum absolute atomic E-state index is 0.247. The fourth-order valence-corrected chi connectivity index (χ4v) is 5.05. The van der Waals surface area contributed by atoms with E-state index in [0.717, 1.165) is 57.9 Å². The van der Waals surface area contributed by atoms with Gasteiger partial charge in [-0.25, -0.2) is 0 Å². The number of β-amino-alcohol motifs (C(OH)–C–C–N with tert-alkyl or cyclic N) is 1. The Labute approximate surface area is 229 Å². The van der Waals surface area contributed by atoms with Gasteiger partial charge in [0, 0.05) is 49.1 Å². The first-order chi connectivity index (χ1) is 17.8. The molecule has 4 rings (SSSR count). The van der Waals surface area contributed by atoms with E-state index in [9.17, 15) is 22.1 Å². The number of nitriles is 1. The van der Waals surface area contributed by atoms with Crippen LogP contribution in [-0.2, 0) is 20.2 Å². The van der Waals surface area contributed by atoms with Crippen molar-refractivity contribution in [1.82, 2.24) is 9.80 Å². The third kappa shape index (κ3) is 12.1. The minimum atomic E-state index is -3.67. The third-order valence-electron chi connectivity index (χ3n) is 5.49. The molecule has 14 heteroatoms. The first-order valence-electron chi connectivity index (χ1n) is 11.8. The number of rotatable bonds is 6. The van der Waals surface area contributed by atoms with Crippen molar-refractivity contribution in [3.05, 3.63) is 48.0 Å². The molecule has 1 saturated heterocycles. The zero-order chi connectivity index (χ0) is 28.3. The summed E-state index contributed by atoms with van der Waals surface area (Å²) in [7, 11) is -7.33. The van der Waals surface area contributed by atoms with Gasteiger partial charge in [0.15, 0.2) is 0 Å². The number of hydrogen-bond donors (Lipinski definition) is 3. The molecular weight excluding hydrogens is 552 g/mol. The molecule has 0 aromatic heterocycles. The molecule has 0 saturated carbocycles. The molecule has 0 amide bonds. The SMILES string of the molecule is CS(=O)(=O)O.CS(=O)(=O)O.N#Cc1ccc2c(c1)N(CCCN1CCN(CCO)CC1)c1ccccc1S2. The summed E-state index contributed by atoms with van der Waals surface area (Å²) in [5.41, 5.74) is 3.10. The maximum absolute atomic E-state index is 9.32. The molecule has 2 heterocycles. The van der Waals surface area contributed by atoms with Crippen molar-refractivity contribution >= 4 is 43.4 Å². The first kappa shape index (κ1) is 32.0. The Bertz CT molecular complexity index is 1260. The molecule has 11 nitrogen and oxygen atoms in total. The predicted molar refractivity (Wildman–Crippen MR) is 148 cm³/mol. The van der Waals surface area contributed by atoms with Gasteiger partial charge in [-0.15, -0.1) is 0 Å². The van der Waals surface area contributed by atoms with Gasteiger partial charge in [-0.05, 0) is 43.3 Å². The molecule has 38 heavy (non-hydrogen) atoms. The molecule has 0 bridgehead atoms. The fourth-order valence-electron chi connectivity index (χ4n) is 3.97. The lowest BCUT2D eigenvalue weighted by atomic mass is 10.1. The molecule has 2 aromatic rings. The molecule has 0 radical (unpaired) electrons. The average molecular weight is 587 g/mol. The van der Waals surface area contributed by atoms with Crippen LogP contribution >= 0.6 is 11.8 Å². The number of aliphatic hydroxyl groups is 1. The van der Waals surface area contributed by atoms with Gasteiger partial charge in [0.1, 0.15) is 0 Å². The molecule has 2 aromatic carbocycles. The Kier molecular flexibility index (Phi) is 12.5. The Morgan fingerprint density at radius 1 is 0.842 bits per heavy atom. The molecule has 2 aliphatic rings. The van der Waals surface area contributed by atoms with E-state index in [-0.39, 0.29) is 6.61 Å². The highest BCUT2D eigenvalue weighted by Crippen LogP contribution is 2.48. The summed E-state index contributed by atoms with van der Waals surface area (Å²) >= 11 is 1.78. The van der Waals surface area contributed by atoms with Gasteiger partial charge in [-0.2, -0.15) is 22.1 Å². The summed E-state index contributed by atoms with van der Waals surface area (Å²) in [5.74, 6) is 0. The normalized spacial score (nSPS) is 15.6. The quantitative estimate of drug-likeness (QED) is 0.424. The lowest BCUT2D eigenvalue weighted by molar-refractivity contribution is 0.112. The third-order valence-corrected chi connectivity index (χ3v) is 6.62. The molecule has 0 spiro atoms. The number of aliphatic hydroxyl groups excluding tert-OH is 1. The van der Waals surface area contributed by atoms with Gasteiger partial charge in [0.25, 0.3) is 20.2 Å². The van der Waals surface area contributed by atoms with Gasteiger partial charge >= 0.3 is 0 Å². The van der Waals surface area contributed by atoms with E-state index in [1.165, 1.54) is 15.5 Å². The van der Waals surface area contributed by atoms with E-state index in [4.69, 9.17) is 14.2 Å². The number of nitrogens with zero attached hydrogens (tertiary/aromatic N) is 4. The largest absolute Gasteiger partial charge is 0.395 e. The lowest BCUT2D eigenvalue weighted by Gasteiger charge is -2.36. The molecule has 0 unspecified atom stereocenters. The molecule has 0 aliphatic carbocycles. The summed E-state index contributed by atoms with van der Waals surface area (Å²) in [4.78, 5) is 9.72. The Balaban J connectivity index is 0.000000435. The van der Waals surface area contributed by atoms with Crippen molar-refractivity contribution in [1.29, 1.82) is 5.26 Å². The zero-order valence-corrected chi connectivity index (χ0v) is 23.8. The standard InChI is InChI=1S/C22H26N4OS.2CH4O3S/c23-17-18-6-7-22-20(16-18)26(19-4-1-2-5-21(19)28-22)9-3-8-24-10-12-25(13-11-24)14-15-27;2*1-5(2,3)4/h1-2,4-7,16,27H,3,8-15H2;2*1H3,(H,2,3,4). The minimum Gasteiger partial charge on any atom is -0.395 e. The zero-order valence-electron chi connectivity index (χ0n) is 21.4. The molecular formula is C24H34N4O7S3. The highest BCUT2D eigenvalue weighted by atomic mass is 32.2. The maximum atomic E-state index is 9.32. The number of hydrogen-bond acceptors (Lipinski definition) is 10. The highest BCUT2D eigenvalue weighted by Gasteiger charge is 2.24. The van der Waals surface area contributed by atoms with Crippen molar-refractivity contribution in [3.8, 4) is 6.07 Å². The van der Waals surface area contributed by atoms with E-state index in [2.05, 4.69) is 51.1 Å². The van der Waals surface area contributed by atoms with Crippen molar-refractivity contribution < 1.29 is 31.0 Å². The van der Waals surface area contributed by atoms with Crippen LogP contribution in [0.2, 0.25) is 0 Å². The fraction of sp³-hybridized carbons (Fsp3) is 0.458. The van der Waals surface area contributed by atoms with E-state index in [0.29, 0.717) is 18.1 Å². The second-order valence-electron chi connectivity index (χ2n) is 8.74. The van der Waals surface area contributed by atoms with Gasteiger partial charge < -0.3 is 14.9 Å². The van der Waals surface area contributed by atoms with Crippen LogP contribution < -0.4 is 4.90 Å². The van der Waals surface area contributed by atoms with Crippen molar-refractivity contribution in [2.45, 2.75) is 16.2 Å². The Morgan fingerprint density at radius 3 is 1.92 bits per heavy atom. The van der Waals surface area contributed by atoms with Crippen LogP contribution in [-0.4, -0.2) is 106 Å². The molecule has 1 fully saturated rings. The molecule has 2 aliphatic heterocycles. The van der Waals surface area contributed by atoms with Crippen molar-refractivity contribution in [3.63, 3.8) is 0 Å². The second-order valence-corrected chi connectivity index (χ2v) is 12.8. The van der Waals surface area contributed by atoms with Crippen LogP contribution in [0.1, 0.15) is 12.0 Å². The number of para-hydroxylation sites is 1. The summed E-state index contributed by atoms with van der Waals surface area (Å²) in [6, 6.07) is 16.8. The molecule has 210 valence electrons. The molecule has 0 atom stereocenters. The number of anilines is 2. The van der Waals surface area contributed by atoms with Crippen molar-refractivity contribution in [2.75, 3.05) is 69.8 Å². The van der Waals surface area contributed by atoms with Crippen LogP contribution in [0.15, 0.2) is 52.3 Å². The van der Waals surface area contributed by atoms with Crippen LogP contribution in [0.4, 0.5) is 11.4 Å². The second kappa shape index (κ2) is 14.8. The maximum Gasteiger partial charge on any atom is 0.261 e. The smallest absolute Gasteiger partial charge is 0.261 e. The van der Waals surface area contributed by atoms with Gasteiger partial charge in [0.05, 0.1) is 42.1 Å². The Hall–Kier alpha value is -2.22. The number of piperazine rings is 1. The topological polar surface area (TPSA) is 162 Å². The summed E-state index contributed by atoms with van der Waals surface area (Å²) in [6.07, 6.45) is 2.51. The summed E-state index contributed by atoms with van der Waals surface area (Å²) in [5, 5.41) is 18.4. The van der Waals surface area contributed by atoms with Crippen LogP contribution in [0.25, 0.3) is 0 Å². The molecule has 3 N–H and O–H groups in total.